The van der Waals surface area contributed by atoms with Crippen LogP contribution in [-0.4, -0.2) is 30.3 Å². The van der Waals surface area contributed by atoms with Crippen molar-refractivity contribution >= 4 is 12.1 Å². The summed E-state index contributed by atoms with van der Waals surface area (Å²) >= 11 is 0. The van der Waals surface area contributed by atoms with Gasteiger partial charge in [0, 0.05) is 6.08 Å². The van der Waals surface area contributed by atoms with Crippen LogP contribution in [0, 0.1) is 0 Å². The van der Waals surface area contributed by atoms with Gasteiger partial charge in [-0.2, -0.15) is 0 Å². The number of rotatable bonds is 3. The fourth-order valence-electron chi connectivity index (χ4n) is 1.27. The van der Waals surface area contributed by atoms with E-state index in [0.717, 1.165) is 12.8 Å². The molecule has 1 saturated carbocycles. The largest absolute Gasteiger partial charge is 0.466 e. The molecule has 1 aliphatic carbocycles. The number of alkyl carbamates (subject to hydrolysis) is 1. The van der Waals surface area contributed by atoms with Crippen LogP contribution >= 0.6 is 0 Å². The van der Waals surface area contributed by atoms with Gasteiger partial charge >= 0.3 is 12.1 Å². The van der Waals surface area contributed by atoms with Gasteiger partial charge in [-0.15, -0.1) is 0 Å². The van der Waals surface area contributed by atoms with Gasteiger partial charge in [-0.1, -0.05) is 6.08 Å². The summed E-state index contributed by atoms with van der Waals surface area (Å²) in [6.07, 6.45) is 4.12. The summed E-state index contributed by atoms with van der Waals surface area (Å²) in [6, 6.07) is 0. The van der Waals surface area contributed by atoms with Gasteiger partial charge in [0.25, 0.3) is 0 Å². The first-order valence-electron chi connectivity index (χ1n) is 5.55. The molecule has 0 aromatic rings. The van der Waals surface area contributed by atoms with Crippen molar-refractivity contribution in [2.45, 2.75) is 44.8 Å². The molecule has 17 heavy (non-hydrogen) atoms. The summed E-state index contributed by atoms with van der Waals surface area (Å²) in [5, 5.41) is 2.75. The Kier molecular flexibility index (Phi) is 3.80. The lowest BCUT2D eigenvalue weighted by Crippen LogP contribution is -2.39. The summed E-state index contributed by atoms with van der Waals surface area (Å²) in [4.78, 5) is 22.5. The van der Waals surface area contributed by atoms with Crippen LogP contribution in [0.2, 0.25) is 0 Å². The molecule has 0 saturated heterocycles. The SMILES string of the molecule is COC(=O)/C=C/C1(NC(=O)OC(C)(C)C)CC1. The molecular formula is C12H19NO4. The normalized spacial score (nSPS) is 17.6. The second-order valence-electron chi connectivity index (χ2n) is 5.14. The number of amides is 1. The molecular weight excluding hydrogens is 222 g/mol. The lowest BCUT2D eigenvalue weighted by molar-refractivity contribution is -0.134. The van der Waals surface area contributed by atoms with Crippen LogP contribution in [0.1, 0.15) is 33.6 Å². The Bertz CT molecular complexity index is 337. The van der Waals surface area contributed by atoms with E-state index in [2.05, 4.69) is 10.1 Å². The van der Waals surface area contributed by atoms with Crippen LogP contribution in [0.3, 0.4) is 0 Å². The predicted octanol–water partition coefficient (Wildman–Crippen LogP) is 1.77. The summed E-state index contributed by atoms with van der Waals surface area (Å²) in [6.45, 7) is 5.41. The molecule has 1 fully saturated rings. The average Bonchev–Trinajstić information content (AvgIpc) is 2.91. The Morgan fingerprint density at radius 3 is 2.29 bits per heavy atom. The molecule has 1 rings (SSSR count). The predicted molar refractivity (Wildman–Crippen MR) is 62.5 cm³/mol. The molecule has 0 bridgehead atoms. The smallest absolute Gasteiger partial charge is 0.408 e. The fourth-order valence-corrected chi connectivity index (χ4v) is 1.27. The molecule has 5 nitrogen and oxygen atoms in total. The van der Waals surface area contributed by atoms with Crippen LogP contribution < -0.4 is 5.32 Å². The standard InChI is InChI=1S/C12H19NO4/c1-11(2,3)17-10(15)13-12(7-8-12)6-5-9(14)16-4/h5-6H,7-8H2,1-4H3,(H,13,15)/b6-5+. The van der Waals surface area contributed by atoms with E-state index in [-0.39, 0.29) is 0 Å². The van der Waals surface area contributed by atoms with Crippen molar-refractivity contribution in [3.63, 3.8) is 0 Å². The van der Waals surface area contributed by atoms with Crippen molar-refractivity contribution < 1.29 is 19.1 Å². The highest BCUT2D eigenvalue weighted by molar-refractivity contribution is 5.82. The van der Waals surface area contributed by atoms with Crippen LogP contribution in [0.15, 0.2) is 12.2 Å². The summed E-state index contributed by atoms with van der Waals surface area (Å²) in [7, 11) is 1.31. The van der Waals surface area contributed by atoms with Crippen LogP contribution in [0.4, 0.5) is 4.79 Å². The lowest BCUT2D eigenvalue weighted by atomic mass is 10.2. The van der Waals surface area contributed by atoms with Gasteiger partial charge in [0.15, 0.2) is 0 Å². The molecule has 1 aliphatic rings. The van der Waals surface area contributed by atoms with E-state index in [1.54, 1.807) is 26.8 Å². The molecule has 5 heteroatoms. The van der Waals surface area contributed by atoms with E-state index in [9.17, 15) is 9.59 Å². The number of hydrogen-bond acceptors (Lipinski definition) is 4. The lowest BCUT2D eigenvalue weighted by Gasteiger charge is -2.22. The summed E-state index contributed by atoms with van der Waals surface area (Å²) in [5.74, 6) is -0.428. The van der Waals surface area contributed by atoms with Crippen LogP contribution in [0.5, 0.6) is 0 Å². The molecule has 0 aliphatic heterocycles. The highest BCUT2D eigenvalue weighted by Gasteiger charge is 2.42. The van der Waals surface area contributed by atoms with E-state index in [0.29, 0.717) is 0 Å². The Morgan fingerprint density at radius 1 is 1.29 bits per heavy atom. The van der Waals surface area contributed by atoms with E-state index in [4.69, 9.17) is 4.74 Å². The average molecular weight is 241 g/mol. The van der Waals surface area contributed by atoms with Crippen molar-refractivity contribution in [2.24, 2.45) is 0 Å². The third-order valence-electron chi connectivity index (χ3n) is 2.28. The van der Waals surface area contributed by atoms with Gasteiger partial charge in [0.2, 0.25) is 0 Å². The van der Waals surface area contributed by atoms with Crippen molar-refractivity contribution in [1.82, 2.24) is 5.32 Å². The molecule has 0 aromatic carbocycles. The molecule has 0 unspecified atom stereocenters. The van der Waals surface area contributed by atoms with Crippen molar-refractivity contribution in [1.29, 1.82) is 0 Å². The highest BCUT2D eigenvalue weighted by atomic mass is 16.6. The Hall–Kier alpha value is -1.52. The summed E-state index contributed by atoms with van der Waals surface area (Å²) < 4.78 is 9.64. The molecule has 0 spiro atoms. The molecule has 0 heterocycles. The Labute approximate surface area is 101 Å². The number of hydrogen-bond donors (Lipinski definition) is 1. The zero-order valence-electron chi connectivity index (χ0n) is 10.7. The zero-order valence-corrected chi connectivity index (χ0v) is 10.7. The van der Waals surface area contributed by atoms with E-state index in [1.165, 1.54) is 13.2 Å². The molecule has 1 amide bonds. The first kappa shape index (κ1) is 13.5. The minimum Gasteiger partial charge on any atom is -0.466 e. The third-order valence-corrected chi connectivity index (χ3v) is 2.28. The first-order chi connectivity index (χ1) is 7.76. The molecule has 0 radical (unpaired) electrons. The van der Waals surface area contributed by atoms with Gasteiger partial charge < -0.3 is 14.8 Å². The second kappa shape index (κ2) is 4.77. The van der Waals surface area contributed by atoms with Gasteiger partial charge in [-0.25, -0.2) is 9.59 Å². The number of carbonyl (C=O) groups is 2. The number of methoxy groups -OCH3 is 1. The minimum absolute atomic E-state index is 0.428. The van der Waals surface area contributed by atoms with Crippen LogP contribution in [-0.2, 0) is 14.3 Å². The van der Waals surface area contributed by atoms with Gasteiger partial charge in [-0.05, 0) is 33.6 Å². The number of nitrogens with one attached hydrogen (secondary N) is 1. The van der Waals surface area contributed by atoms with E-state index in [1.807, 2.05) is 0 Å². The van der Waals surface area contributed by atoms with Crippen molar-refractivity contribution in [3.8, 4) is 0 Å². The van der Waals surface area contributed by atoms with Crippen molar-refractivity contribution in [3.05, 3.63) is 12.2 Å². The van der Waals surface area contributed by atoms with E-state index < -0.39 is 23.2 Å². The molecule has 96 valence electrons. The first-order valence-corrected chi connectivity index (χ1v) is 5.55. The Balaban J connectivity index is 2.48. The second-order valence-corrected chi connectivity index (χ2v) is 5.14. The van der Waals surface area contributed by atoms with Gasteiger partial charge in [-0.3, -0.25) is 0 Å². The number of carbonyl (C=O) groups excluding carboxylic acids is 2. The van der Waals surface area contributed by atoms with Gasteiger partial charge in [0.05, 0.1) is 12.6 Å². The molecule has 0 atom stereocenters. The number of ether oxygens (including phenoxy) is 2. The Morgan fingerprint density at radius 2 is 1.88 bits per heavy atom. The number of esters is 1. The third kappa shape index (κ3) is 4.89. The summed E-state index contributed by atoms with van der Waals surface area (Å²) in [5.41, 5.74) is -0.956. The maximum absolute atomic E-state index is 11.5. The maximum Gasteiger partial charge on any atom is 0.408 e. The monoisotopic (exact) mass is 241 g/mol. The van der Waals surface area contributed by atoms with Crippen molar-refractivity contribution in [2.75, 3.05) is 7.11 Å². The fraction of sp³-hybridized carbons (Fsp3) is 0.667. The topological polar surface area (TPSA) is 64.6 Å². The minimum atomic E-state index is -0.522. The van der Waals surface area contributed by atoms with Crippen LogP contribution in [0.25, 0.3) is 0 Å². The molecule has 0 aromatic heterocycles. The quantitative estimate of drug-likeness (QED) is 0.604. The van der Waals surface area contributed by atoms with E-state index >= 15 is 0 Å². The maximum atomic E-state index is 11.5. The molecule has 1 N–H and O–H groups in total. The highest BCUT2D eigenvalue weighted by Crippen LogP contribution is 2.37. The van der Waals surface area contributed by atoms with Gasteiger partial charge in [0.1, 0.15) is 5.60 Å². The zero-order chi connectivity index (χ0) is 13.1.